The first-order valence-electron chi connectivity index (χ1n) is 9.22. The molecule has 0 aromatic heterocycles. The number of esters is 1. The third-order valence-corrected chi connectivity index (χ3v) is 3.88. The summed E-state index contributed by atoms with van der Waals surface area (Å²) in [6.07, 6.45) is -0.456. The minimum atomic E-state index is -1.02. The Morgan fingerprint density at radius 1 is 1.07 bits per heavy atom. The van der Waals surface area contributed by atoms with Crippen LogP contribution in [0.5, 0.6) is 11.5 Å². The Morgan fingerprint density at radius 2 is 1.79 bits per heavy atom. The van der Waals surface area contributed by atoms with Gasteiger partial charge in [-0.25, -0.2) is 4.79 Å². The number of carbonyl (C=O) groups excluding carboxylic acids is 1. The zero-order valence-corrected chi connectivity index (χ0v) is 15.9. The molecule has 7 nitrogen and oxygen atoms in total. The Balaban J connectivity index is 1.76. The Kier molecular flexibility index (Phi) is 9.27. The number of aliphatic hydroxyl groups is 2. The van der Waals surface area contributed by atoms with E-state index in [9.17, 15) is 15.0 Å². The van der Waals surface area contributed by atoms with Gasteiger partial charge in [0.2, 0.25) is 6.29 Å². The molecular weight excluding hydrogens is 362 g/mol. The molecule has 0 fully saturated rings. The number of carbonyl (C=O) groups is 1. The molecule has 28 heavy (non-hydrogen) atoms. The van der Waals surface area contributed by atoms with E-state index in [4.69, 9.17) is 14.2 Å². The number of aliphatic hydroxyl groups excluding tert-OH is 2. The molecule has 3 N–H and O–H groups in total. The van der Waals surface area contributed by atoms with Crippen LogP contribution in [0.15, 0.2) is 54.6 Å². The van der Waals surface area contributed by atoms with E-state index in [2.05, 4.69) is 5.32 Å². The van der Waals surface area contributed by atoms with Crippen LogP contribution in [0.1, 0.15) is 12.5 Å². The van der Waals surface area contributed by atoms with Gasteiger partial charge in [-0.2, -0.15) is 0 Å². The summed E-state index contributed by atoms with van der Waals surface area (Å²) in [4.78, 5) is 11.3. The highest BCUT2D eigenvalue weighted by molar-refractivity contribution is 5.71. The average molecular weight is 389 g/mol. The van der Waals surface area contributed by atoms with Crippen LogP contribution in [0.4, 0.5) is 0 Å². The van der Waals surface area contributed by atoms with Crippen LogP contribution < -0.4 is 14.8 Å². The van der Waals surface area contributed by atoms with Crippen molar-refractivity contribution in [2.75, 3.05) is 26.4 Å². The smallest absolute Gasteiger partial charge is 0.344 e. The zero-order chi connectivity index (χ0) is 20.2. The van der Waals surface area contributed by atoms with E-state index in [0.29, 0.717) is 24.5 Å². The van der Waals surface area contributed by atoms with Gasteiger partial charge in [-0.3, -0.25) is 0 Å². The van der Waals surface area contributed by atoms with Gasteiger partial charge in [0, 0.05) is 6.04 Å². The van der Waals surface area contributed by atoms with Crippen molar-refractivity contribution in [1.82, 2.24) is 5.32 Å². The Morgan fingerprint density at radius 3 is 2.43 bits per heavy atom. The van der Waals surface area contributed by atoms with Crippen molar-refractivity contribution in [1.29, 1.82) is 0 Å². The quantitative estimate of drug-likeness (QED) is 0.374. The highest BCUT2D eigenvalue weighted by Gasteiger charge is 2.12. The molecule has 0 aliphatic rings. The van der Waals surface area contributed by atoms with E-state index in [0.717, 1.165) is 5.56 Å². The summed E-state index contributed by atoms with van der Waals surface area (Å²) >= 11 is 0. The monoisotopic (exact) mass is 389 g/mol. The third-order valence-electron chi connectivity index (χ3n) is 3.88. The topological polar surface area (TPSA) is 97.3 Å². The summed E-state index contributed by atoms with van der Waals surface area (Å²) in [6.45, 7) is 2.03. The van der Waals surface area contributed by atoms with Crippen LogP contribution in [0.3, 0.4) is 0 Å². The first kappa shape index (κ1) is 21.7. The SMILES string of the molecule is CCOC(=O)COc1ccc(C[C@@H](CO)NC[C@@H](O)Oc2ccccc2)cc1. The molecule has 0 saturated heterocycles. The second-order valence-electron chi connectivity index (χ2n) is 6.12. The zero-order valence-electron chi connectivity index (χ0n) is 15.9. The fourth-order valence-electron chi connectivity index (χ4n) is 2.52. The fourth-order valence-corrected chi connectivity index (χ4v) is 2.52. The summed E-state index contributed by atoms with van der Waals surface area (Å²) in [7, 11) is 0. The maximum absolute atomic E-state index is 11.3. The van der Waals surface area contributed by atoms with Gasteiger partial charge in [0.15, 0.2) is 6.61 Å². The molecule has 0 aliphatic carbocycles. The van der Waals surface area contributed by atoms with Gasteiger partial charge in [-0.15, -0.1) is 0 Å². The predicted octanol–water partition coefficient (Wildman–Crippen LogP) is 1.52. The van der Waals surface area contributed by atoms with E-state index in [-0.39, 0.29) is 25.8 Å². The summed E-state index contributed by atoms with van der Waals surface area (Å²) in [5.41, 5.74) is 0.980. The Labute approximate surface area is 164 Å². The highest BCUT2D eigenvalue weighted by Crippen LogP contribution is 2.14. The minimum Gasteiger partial charge on any atom is -0.482 e. The second-order valence-corrected chi connectivity index (χ2v) is 6.12. The van der Waals surface area contributed by atoms with Crippen molar-refractivity contribution in [3.63, 3.8) is 0 Å². The van der Waals surface area contributed by atoms with Crippen LogP contribution in [-0.4, -0.2) is 54.9 Å². The maximum atomic E-state index is 11.3. The van der Waals surface area contributed by atoms with Crippen molar-refractivity contribution in [2.45, 2.75) is 25.7 Å². The predicted molar refractivity (Wildman–Crippen MR) is 104 cm³/mol. The largest absolute Gasteiger partial charge is 0.482 e. The van der Waals surface area contributed by atoms with Crippen LogP contribution in [0, 0.1) is 0 Å². The van der Waals surface area contributed by atoms with Gasteiger partial charge in [0.25, 0.3) is 0 Å². The lowest BCUT2D eigenvalue weighted by Crippen LogP contribution is -2.41. The average Bonchev–Trinajstić information content (AvgIpc) is 2.71. The van der Waals surface area contributed by atoms with Crippen LogP contribution in [0.2, 0.25) is 0 Å². The fraction of sp³-hybridized carbons (Fsp3) is 0.381. The van der Waals surface area contributed by atoms with Crippen LogP contribution >= 0.6 is 0 Å². The minimum absolute atomic E-state index is 0.0842. The standard InChI is InChI=1S/C21H27NO6/c1-2-26-21(25)15-27-18-10-8-16(9-11-18)12-17(14-23)22-13-20(24)28-19-6-4-3-5-7-19/h3-11,17,20,22-24H,2,12-15H2,1H3/t17-,20-/m0/s1. The first-order valence-corrected chi connectivity index (χ1v) is 9.22. The van der Waals surface area contributed by atoms with Gasteiger partial charge < -0.3 is 29.7 Å². The molecular formula is C21H27NO6. The molecule has 0 unspecified atom stereocenters. The molecule has 0 amide bonds. The van der Waals surface area contributed by atoms with Gasteiger partial charge in [0.1, 0.15) is 11.5 Å². The van der Waals surface area contributed by atoms with Crippen LogP contribution in [-0.2, 0) is 16.0 Å². The summed E-state index contributed by atoms with van der Waals surface area (Å²) in [6, 6.07) is 16.1. The number of hydrogen-bond donors (Lipinski definition) is 3. The van der Waals surface area contributed by atoms with E-state index >= 15 is 0 Å². The number of ether oxygens (including phenoxy) is 3. The number of para-hydroxylation sites is 1. The maximum Gasteiger partial charge on any atom is 0.344 e. The number of nitrogens with one attached hydrogen (secondary N) is 1. The molecule has 152 valence electrons. The lowest BCUT2D eigenvalue weighted by atomic mass is 10.1. The number of rotatable bonds is 12. The van der Waals surface area contributed by atoms with Crippen molar-refractivity contribution in [2.24, 2.45) is 0 Å². The second kappa shape index (κ2) is 12.0. The normalized spacial score (nSPS) is 12.8. The molecule has 0 radical (unpaired) electrons. The summed E-state index contributed by atoms with van der Waals surface area (Å²) in [5, 5.41) is 22.6. The third kappa shape index (κ3) is 7.96. The van der Waals surface area contributed by atoms with E-state index in [1.165, 1.54) is 0 Å². The van der Waals surface area contributed by atoms with Crippen molar-refractivity contribution >= 4 is 5.97 Å². The van der Waals surface area contributed by atoms with Gasteiger partial charge in [0.05, 0.1) is 19.8 Å². The molecule has 2 aromatic rings. The van der Waals surface area contributed by atoms with E-state index < -0.39 is 12.3 Å². The van der Waals surface area contributed by atoms with Crippen molar-refractivity contribution in [3.05, 3.63) is 60.2 Å². The molecule has 0 saturated carbocycles. The van der Waals surface area contributed by atoms with Gasteiger partial charge >= 0.3 is 5.97 Å². The Hall–Kier alpha value is -2.61. The molecule has 0 heterocycles. The molecule has 2 aromatic carbocycles. The number of hydrogen-bond acceptors (Lipinski definition) is 7. The lowest BCUT2D eigenvalue weighted by molar-refractivity contribution is -0.145. The number of benzene rings is 2. The summed E-state index contributed by atoms with van der Waals surface area (Å²) < 4.78 is 15.6. The first-order chi connectivity index (χ1) is 13.6. The van der Waals surface area contributed by atoms with E-state index in [1.54, 1.807) is 31.2 Å². The summed E-state index contributed by atoms with van der Waals surface area (Å²) in [5.74, 6) is 0.736. The molecule has 0 bridgehead atoms. The van der Waals surface area contributed by atoms with Crippen molar-refractivity contribution < 1.29 is 29.2 Å². The molecule has 7 heteroatoms. The van der Waals surface area contributed by atoms with E-state index in [1.807, 2.05) is 30.3 Å². The lowest BCUT2D eigenvalue weighted by Gasteiger charge is -2.20. The van der Waals surface area contributed by atoms with Gasteiger partial charge in [-0.05, 0) is 43.2 Å². The molecule has 0 spiro atoms. The molecule has 2 atom stereocenters. The highest BCUT2D eigenvalue weighted by atomic mass is 16.6. The molecule has 2 rings (SSSR count). The van der Waals surface area contributed by atoms with Crippen molar-refractivity contribution in [3.8, 4) is 11.5 Å². The van der Waals surface area contributed by atoms with Crippen LogP contribution in [0.25, 0.3) is 0 Å². The van der Waals surface area contributed by atoms with Gasteiger partial charge in [-0.1, -0.05) is 30.3 Å². The molecule has 0 aliphatic heterocycles. The Bertz CT molecular complexity index is 692.